The highest BCUT2D eigenvalue weighted by molar-refractivity contribution is 5.90. The van der Waals surface area contributed by atoms with Crippen LogP contribution < -0.4 is 0 Å². The molecule has 0 amide bonds. The minimum Gasteiger partial charge on any atom is -0.465 e. The number of benzene rings is 2. The number of carbonyl (C=O) groups is 1. The van der Waals surface area contributed by atoms with Gasteiger partial charge in [-0.3, -0.25) is 0 Å². The Labute approximate surface area is 168 Å². The van der Waals surface area contributed by atoms with Crippen LogP contribution in [0.4, 0.5) is 30.7 Å². The molecule has 30 heavy (non-hydrogen) atoms. The van der Waals surface area contributed by atoms with Crippen molar-refractivity contribution in [3.05, 3.63) is 58.7 Å². The lowest BCUT2D eigenvalue weighted by molar-refractivity contribution is -0.348. The van der Waals surface area contributed by atoms with Gasteiger partial charge in [-0.25, -0.2) is 9.18 Å². The van der Waals surface area contributed by atoms with E-state index < -0.39 is 35.1 Å². The van der Waals surface area contributed by atoms with E-state index in [9.17, 15) is 31.1 Å². The van der Waals surface area contributed by atoms with Crippen LogP contribution in [0.25, 0.3) is 11.1 Å². The van der Waals surface area contributed by atoms with Gasteiger partial charge in [0.15, 0.2) is 0 Å². The second kappa shape index (κ2) is 8.28. The topological polar surface area (TPSA) is 26.3 Å². The van der Waals surface area contributed by atoms with Crippen molar-refractivity contribution < 1.29 is 40.3 Å². The molecule has 2 rings (SSSR count). The zero-order valence-corrected chi connectivity index (χ0v) is 16.3. The standard InChI is InChI=1S/C21H19F7O2/c1-4-12-10-13(5-2)17(14-6-8-15(9-7-14)18(29)30-3)16(11-12)19(22,20(23,24)25)21(26,27)28/h6-11H,4-5H2,1-3H3. The van der Waals surface area contributed by atoms with Crippen molar-refractivity contribution in [2.75, 3.05) is 7.11 Å². The zero-order valence-electron chi connectivity index (χ0n) is 16.3. The van der Waals surface area contributed by atoms with E-state index in [-0.39, 0.29) is 35.1 Å². The Morgan fingerprint density at radius 3 is 1.80 bits per heavy atom. The third kappa shape index (κ3) is 4.02. The van der Waals surface area contributed by atoms with E-state index >= 15 is 4.39 Å². The van der Waals surface area contributed by atoms with Gasteiger partial charge in [0.1, 0.15) is 0 Å². The van der Waals surface area contributed by atoms with E-state index in [1.54, 1.807) is 13.8 Å². The smallest absolute Gasteiger partial charge is 0.435 e. The summed E-state index contributed by atoms with van der Waals surface area (Å²) in [6.45, 7) is 3.09. The van der Waals surface area contributed by atoms with Gasteiger partial charge in [0.25, 0.3) is 0 Å². The molecule has 0 saturated carbocycles. The number of alkyl halides is 7. The molecule has 0 unspecified atom stereocenters. The van der Waals surface area contributed by atoms with Crippen molar-refractivity contribution in [1.29, 1.82) is 0 Å². The Hall–Kier alpha value is -2.58. The normalized spacial score (nSPS) is 12.7. The summed E-state index contributed by atoms with van der Waals surface area (Å²) >= 11 is 0. The molecule has 0 spiro atoms. The second-order valence-corrected chi connectivity index (χ2v) is 6.61. The molecule has 0 heterocycles. The Morgan fingerprint density at radius 1 is 0.867 bits per heavy atom. The van der Waals surface area contributed by atoms with Crippen molar-refractivity contribution in [2.24, 2.45) is 0 Å². The quantitative estimate of drug-likeness (QED) is 0.392. The van der Waals surface area contributed by atoms with Crippen molar-refractivity contribution in [3.8, 4) is 11.1 Å². The molecule has 0 saturated heterocycles. The molecular weight excluding hydrogens is 417 g/mol. The summed E-state index contributed by atoms with van der Waals surface area (Å²) in [7, 11) is 1.12. The van der Waals surface area contributed by atoms with Gasteiger partial charge in [-0.1, -0.05) is 38.1 Å². The molecule has 0 N–H and O–H groups in total. The van der Waals surface area contributed by atoms with Gasteiger partial charge in [-0.2, -0.15) is 26.3 Å². The molecule has 0 aromatic heterocycles. The van der Waals surface area contributed by atoms with Gasteiger partial charge in [0.2, 0.25) is 0 Å². The monoisotopic (exact) mass is 436 g/mol. The number of methoxy groups -OCH3 is 1. The highest BCUT2D eigenvalue weighted by Gasteiger charge is 2.74. The van der Waals surface area contributed by atoms with Crippen LogP contribution in [0.1, 0.15) is 40.9 Å². The molecular formula is C21H19F7O2. The first kappa shape index (κ1) is 23.7. The van der Waals surface area contributed by atoms with Crippen molar-refractivity contribution >= 4 is 5.97 Å². The molecule has 0 fully saturated rings. The van der Waals surface area contributed by atoms with Crippen molar-refractivity contribution in [1.82, 2.24) is 0 Å². The van der Waals surface area contributed by atoms with Crippen molar-refractivity contribution in [3.63, 3.8) is 0 Å². The largest absolute Gasteiger partial charge is 0.465 e. The van der Waals surface area contributed by atoms with E-state index in [1.165, 1.54) is 30.3 Å². The third-order valence-electron chi connectivity index (χ3n) is 4.82. The van der Waals surface area contributed by atoms with Crippen LogP contribution in [0.2, 0.25) is 0 Å². The number of halogens is 7. The van der Waals surface area contributed by atoms with Crippen LogP contribution in [-0.2, 0) is 23.2 Å². The Morgan fingerprint density at radius 2 is 1.40 bits per heavy atom. The zero-order chi connectivity index (χ0) is 22.9. The van der Waals surface area contributed by atoms with Crippen molar-refractivity contribution in [2.45, 2.75) is 44.7 Å². The summed E-state index contributed by atoms with van der Waals surface area (Å²) in [5.41, 5.74) is -7.33. The first-order chi connectivity index (χ1) is 13.8. The summed E-state index contributed by atoms with van der Waals surface area (Å²) < 4.78 is 101. The number of ether oxygens (including phenoxy) is 1. The van der Waals surface area contributed by atoms with E-state index in [2.05, 4.69) is 4.74 Å². The minimum absolute atomic E-state index is 0.0455. The number of rotatable bonds is 5. The van der Waals surface area contributed by atoms with Crippen LogP contribution in [0.15, 0.2) is 36.4 Å². The van der Waals surface area contributed by atoms with Gasteiger partial charge in [0, 0.05) is 5.56 Å². The van der Waals surface area contributed by atoms with E-state index in [4.69, 9.17) is 0 Å². The lowest BCUT2D eigenvalue weighted by atomic mass is 9.82. The molecule has 0 aliphatic carbocycles. The van der Waals surface area contributed by atoms with Crippen LogP contribution in [-0.4, -0.2) is 25.4 Å². The Kier molecular flexibility index (Phi) is 6.54. The maximum atomic E-state index is 15.1. The molecule has 0 aliphatic rings. The SMILES string of the molecule is CCc1cc(CC)c(-c2ccc(C(=O)OC)cc2)c(C(F)(C(F)(F)F)C(F)(F)F)c1. The van der Waals surface area contributed by atoms with E-state index in [1.807, 2.05) is 0 Å². The van der Waals surface area contributed by atoms with E-state index in [0.717, 1.165) is 7.11 Å². The van der Waals surface area contributed by atoms with Crippen LogP contribution >= 0.6 is 0 Å². The molecule has 0 radical (unpaired) electrons. The van der Waals surface area contributed by atoms with Gasteiger partial charge in [0.05, 0.1) is 12.7 Å². The van der Waals surface area contributed by atoms with Crippen LogP contribution in [0, 0.1) is 0 Å². The summed E-state index contributed by atoms with van der Waals surface area (Å²) in [6, 6.07) is 6.80. The molecule has 2 aromatic carbocycles. The summed E-state index contributed by atoms with van der Waals surface area (Å²) in [5, 5.41) is 0. The number of carbonyl (C=O) groups excluding carboxylic acids is 1. The molecule has 0 atom stereocenters. The maximum Gasteiger partial charge on any atom is 0.435 e. The van der Waals surface area contributed by atoms with Gasteiger partial charge in [-0.05, 0) is 47.2 Å². The van der Waals surface area contributed by atoms with Gasteiger partial charge < -0.3 is 4.74 Å². The highest BCUT2D eigenvalue weighted by Crippen LogP contribution is 2.56. The molecule has 9 heteroatoms. The number of aryl methyl sites for hydroxylation is 2. The Balaban J connectivity index is 2.91. The number of hydrogen-bond donors (Lipinski definition) is 0. The summed E-state index contributed by atoms with van der Waals surface area (Å²) in [6.07, 6.45) is -12.3. The van der Waals surface area contributed by atoms with Crippen LogP contribution in [0.3, 0.4) is 0 Å². The molecule has 164 valence electrons. The summed E-state index contributed by atoms with van der Waals surface area (Å²) in [5.74, 6) is -0.732. The van der Waals surface area contributed by atoms with Crippen LogP contribution in [0.5, 0.6) is 0 Å². The van der Waals surface area contributed by atoms with E-state index in [0.29, 0.717) is 6.07 Å². The minimum atomic E-state index is -6.23. The lowest BCUT2D eigenvalue weighted by Crippen LogP contribution is -2.50. The lowest BCUT2D eigenvalue weighted by Gasteiger charge is -2.33. The number of esters is 1. The van der Waals surface area contributed by atoms with Gasteiger partial charge in [-0.15, -0.1) is 0 Å². The van der Waals surface area contributed by atoms with Gasteiger partial charge >= 0.3 is 24.0 Å². The molecule has 2 nitrogen and oxygen atoms in total. The predicted molar refractivity (Wildman–Crippen MR) is 96.9 cm³/mol. The average Bonchev–Trinajstić information content (AvgIpc) is 2.69. The predicted octanol–water partition coefficient (Wildman–Crippen LogP) is 6.55. The maximum absolute atomic E-state index is 15.1. The second-order valence-electron chi connectivity index (χ2n) is 6.61. The summed E-state index contributed by atoms with van der Waals surface area (Å²) in [4.78, 5) is 11.6. The fraction of sp³-hybridized carbons (Fsp3) is 0.381. The fourth-order valence-electron chi connectivity index (χ4n) is 3.22. The molecule has 0 bridgehead atoms. The number of hydrogen-bond acceptors (Lipinski definition) is 2. The Bertz CT molecular complexity index is 899. The first-order valence-electron chi connectivity index (χ1n) is 8.99. The average molecular weight is 436 g/mol. The third-order valence-corrected chi connectivity index (χ3v) is 4.82. The first-order valence-corrected chi connectivity index (χ1v) is 8.99. The molecule has 2 aromatic rings. The highest BCUT2D eigenvalue weighted by atomic mass is 19.4. The molecule has 0 aliphatic heterocycles. The fourth-order valence-corrected chi connectivity index (χ4v) is 3.22.